The van der Waals surface area contributed by atoms with Crippen LogP contribution in [-0.2, 0) is 16.1 Å². The number of carbonyl (C=O) groups excluding carboxylic acids is 2. The van der Waals surface area contributed by atoms with Crippen molar-refractivity contribution >= 4 is 11.8 Å². The Bertz CT molecular complexity index is 449. The minimum absolute atomic E-state index is 0.0415. The van der Waals surface area contributed by atoms with Crippen LogP contribution in [0.1, 0.15) is 32.0 Å². The molecule has 2 heterocycles. The summed E-state index contributed by atoms with van der Waals surface area (Å²) >= 11 is 0. The van der Waals surface area contributed by atoms with Crippen LogP contribution in [-0.4, -0.2) is 39.3 Å². The summed E-state index contributed by atoms with van der Waals surface area (Å²) in [5.74, 6) is 0.490. The second-order valence-corrected chi connectivity index (χ2v) is 4.58. The van der Waals surface area contributed by atoms with E-state index in [1.54, 1.807) is 23.4 Å². The Labute approximate surface area is 112 Å². The first-order valence-electron chi connectivity index (χ1n) is 6.54. The van der Waals surface area contributed by atoms with Crippen LogP contribution in [0.5, 0.6) is 0 Å². The number of hydrogen-bond donors (Lipinski definition) is 1. The molecule has 1 N–H and O–H groups in total. The van der Waals surface area contributed by atoms with E-state index in [4.69, 9.17) is 0 Å². The van der Waals surface area contributed by atoms with E-state index in [0.29, 0.717) is 31.8 Å². The van der Waals surface area contributed by atoms with Gasteiger partial charge in [0.2, 0.25) is 11.8 Å². The van der Waals surface area contributed by atoms with Crippen LogP contribution in [0.2, 0.25) is 0 Å². The van der Waals surface area contributed by atoms with Crippen molar-refractivity contribution in [2.24, 2.45) is 0 Å². The van der Waals surface area contributed by atoms with E-state index in [2.05, 4.69) is 15.3 Å². The topological polar surface area (TPSA) is 75.2 Å². The lowest BCUT2D eigenvalue weighted by Gasteiger charge is -2.23. The molecule has 0 aromatic carbocycles. The molecule has 6 heteroatoms. The van der Waals surface area contributed by atoms with Gasteiger partial charge in [0.25, 0.3) is 0 Å². The zero-order valence-corrected chi connectivity index (χ0v) is 11.0. The Morgan fingerprint density at radius 3 is 2.79 bits per heavy atom. The van der Waals surface area contributed by atoms with Gasteiger partial charge in [-0.25, -0.2) is 9.97 Å². The van der Waals surface area contributed by atoms with Crippen LogP contribution in [0.15, 0.2) is 18.5 Å². The first-order valence-corrected chi connectivity index (χ1v) is 6.54. The quantitative estimate of drug-likeness (QED) is 0.857. The molecule has 6 nitrogen and oxygen atoms in total. The molecule has 0 spiro atoms. The molecule has 1 aliphatic heterocycles. The lowest BCUT2D eigenvalue weighted by atomic mass is 10.1. The van der Waals surface area contributed by atoms with Crippen molar-refractivity contribution in [2.75, 3.05) is 6.54 Å². The highest BCUT2D eigenvalue weighted by atomic mass is 16.2. The van der Waals surface area contributed by atoms with Crippen LogP contribution in [0.25, 0.3) is 0 Å². The van der Waals surface area contributed by atoms with E-state index in [0.717, 1.165) is 6.42 Å². The fourth-order valence-electron chi connectivity index (χ4n) is 2.12. The highest BCUT2D eigenvalue weighted by molar-refractivity contribution is 5.89. The number of carbonyl (C=O) groups is 2. The molecule has 1 unspecified atom stereocenters. The molecule has 0 bridgehead atoms. The zero-order chi connectivity index (χ0) is 13.7. The molecule has 0 radical (unpaired) electrons. The van der Waals surface area contributed by atoms with Crippen molar-refractivity contribution in [1.82, 2.24) is 20.2 Å². The molecule has 1 aliphatic rings. The molecule has 2 rings (SSSR count). The van der Waals surface area contributed by atoms with E-state index in [-0.39, 0.29) is 11.8 Å². The summed E-state index contributed by atoms with van der Waals surface area (Å²) in [5.41, 5.74) is 0. The highest BCUT2D eigenvalue weighted by Gasteiger charge is 2.29. The second kappa shape index (κ2) is 6.26. The fourth-order valence-corrected chi connectivity index (χ4v) is 2.12. The molecule has 2 amide bonds. The van der Waals surface area contributed by atoms with E-state index >= 15 is 0 Å². The number of hydrogen-bond acceptors (Lipinski definition) is 4. The van der Waals surface area contributed by atoms with Crippen LogP contribution in [0.3, 0.4) is 0 Å². The molecule has 1 aromatic rings. The average molecular weight is 262 g/mol. The summed E-state index contributed by atoms with van der Waals surface area (Å²) in [4.78, 5) is 33.8. The minimum Gasteiger partial charge on any atom is -0.344 e. The number of nitrogens with one attached hydrogen (secondary N) is 1. The number of nitrogens with zero attached hydrogens (tertiary/aromatic N) is 3. The van der Waals surface area contributed by atoms with Crippen molar-refractivity contribution in [1.29, 1.82) is 0 Å². The standard InChI is InChI=1S/C13H18N4O2/c1-2-4-10-13(19)17(8-5-12(18)16-10)9-11-14-6-3-7-15-11/h3,6-7,10H,2,4-5,8-9H2,1H3,(H,16,18). The maximum absolute atomic E-state index is 12.3. The molecule has 1 saturated heterocycles. The van der Waals surface area contributed by atoms with Crippen molar-refractivity contribution in [3.8, 4) is 0 Å². The Kier molecular flexibility index (Phi) is 4.43. The summed E-state index contributed by atoms with van der Waals surface area (Å²) in [5, 5.41) is 2.77. The minimum atomic E-state index is -0.413. The van der Waals surface area contributed by atoms with Gasteiger partial charge in [-0.1, -0.05) is 13.3 Å². The monoisotopic (exact) mass is 262 g/mol. The fraction of sp³-hybridized carbons (Fsp3) is 0.538. The van der Waals surface area contributed by atoms with Gasteiger partial charge in [0, 0.05) is 25.4 Å². The molecule has 1 atom stereocenters. The Hall–Kier alpha value is -1.98. The van der Waals surface area contributed by atoms with Gasteiger partial charge < -0.3 is 10.2 Å². The normalized spacial score (nSPS) is 20.1. The Balaban J connectivity index is 2.10. The lowest BCUT2D eigenvalue weighted by molar-refractivity contribution is -0.134. The van der Waals surface area contributed by atoms with Crippen LogP contribution in [0, 0.1) is 0 Å². The van der Waals surface area contributed by atoms with Gasteiger partial charge in [-0.15, -0.1) is 0 Å². The summed E-state index contributed by atoms with van der Waals surface area (Å²) in [6.07, 6.45) is 5.15. The average Bonchev–Trinajstić information content (AvgIpc) is 2.54. The van der Waals surface area contributed by atoms with Crippen molar-refractivity contribution < 1.29 is 9.59 Å². The highest BCUT2D eigenvalue weighted by Crippen LogP contribution is 2.10. The Morgan fingerprint density at radius 2 is 2.11 bits per heavy atom. The first-order chi connectivity index (χ1) is 9.20. The van der Waals surface area contributed by atoms with Gasteiger partial charge in [-0.05, 0) is 12.5 Å². The van der Waals surface area contributed by atoms with Gasteiger partial charge in [-0.3, -0.25) is 9.59 Å². The zero-order valence-electron chi connectivity index (χ0n) is 11.0. The summed E-state index contributed by atoms with van der Waals surface area (Å²) in [7, 11) is 0. The van der Waals surface area contributed by atoms with Gasteiger partial charge in [0.15, 0.2) is 0 Å². The smallest absolute Gasteiger partial charge is 0.245 e. The molecule has 1 fully saturated rings. The third-order valence-corrected chi connectivity index (χ3v) is 3.08. The maximum Gasteiger partial charge on any atom is 0.245 e. The number of rotatable bonds is 4. The molecule has 0 aliphatic carbocycles. The van der Waals surface area contributed by atoms with Crippen LogP contribution >= 0.6 is 0 Å². The molecular formula is C13H18N4O2. The number of aromatic nitrogens is 2. The molecule has 19 heavy (non-hydrogen) atoms. The SMILES string of the molecule is CCCC1NC(=O)CCN(Cc2ncccn2)C1=O. The van der Waals surface area contributed by atoms with E-state index in [9.17, 15) is 9.59 Å². The van der Waals surface area contributed by atoms with Crippen molar-refractivity contribution in [3.63, 3.8) is 0 Å². The molecule has 102 valence electrons. The third kappa shape index (κ3) is 3.49. The number of amides is 2. The van der Waals surface area contributed by atoms with Crippen molar-refractivity contribution in [3.05, 3.63) is 24.3 Å². The molecule has 1 aromatic heterocycles. The summed E-state index contributed by atoms with van der Waals surface area (Å²) in [6.45, 7) is 2.77. The second-order valence-electron chi connectivity index (χ2n) is 4.58. The van der Waals surface area contributed by atoms with Gasteiger partial charge in [0.1, 0.15) is 11.9 Å². The first kappa shape index (κ1) is 13.5. The van der Waals surface area contributed by atoms with Crippen LogP contribution < -0.4 is 5.32 Å². The third-order valence-electron chi connectivity index (χ3n) is 3.08. The largest absolute Gasteiger partial charge is 0.344 e. The predicted molar refractivity (Wildman–Crippen MR) is 68.9 cm³/mol. The van der Waals surface area contributed by atoms with E-state index < -0.39 is 6.04 Å². The van der Waals surface area contributed by atoms with Crippen LogP contribution in [0.4, 0.5) is 0 Å². The van der Waals surface area contributed by atoms with Gasteiger partial charge in [-0.2, -0.15) is 0 Å². The molecular weight excluding hydrogens is 244 g/mol. The Morgan fingerprint density at radius 1 is 1.37 bits per heavy atom. The lowest BCUT2D eigenvalue weighted by Crippen LogP contribution is -2.44. The predicted octanol–water partition coefficient (Wildman–Crippen LogP) is 0.494. The summed E-state index contributed by atoms with van der Waals surface area (Å²) < 4.78 is 0. The maximum atomic E-state index is 12.3. The summed E-state index contributed by atoms with van der Waals surface area (Å²) in [6, 6.07) is 1.32. The molecule has 0 saturated carbocycles. The van der Waals surface area contributed by atoms with Gasteiger partial charge >= 0.3 is 0 Å². The van der Waals surface area contributed by atoms with E-state index in [1.807, 2.05) is 6.92 Å². The van der Waals surface area contributed by atoms with Gasteiger partial charge in [0.05, 0.1) is 6.54 Å². The van der Waals surface area contributed by atoms with Crippen molar-refractivity contribution in [2.45, 2.75) is 38.8 Å². The van der Waals surface area contributed by atoms with E-state index in [1.165, 1.54) is 0 Å².